The van der Waals surface area contributed by atoms with Gasteiger partial charge in [-0.25, -0.2) is 4.98 Å². The zero-order chi connectivity index (χ0) is 10.8. The Hall–Kier alpha value is -1.20. The highest BCUT2D eigenvalue weighted by atomic mass is 79.9. The summed E-state index contributed by atoms with van der Waals surface area (Å²) < 4.78 is 2.78. The lowest BCUT2D eigenvalue weighted by molar-refractivity contribution is 0.112. The van der Waals surface area contributed by atoms with Gasteiger partial charge in [0.15, 0.2) is 6.29 Å². The molecule has 5 heteroatoms. The van der Waals surface area contributed by atoms with E-state index in [0.29, 0.717) is 18.7 Å². The maximum absolute atomic E-state index is 10.8. The third-order valence-corrected chi connectivity index (χ3v) is 2.81. The van der Waals surface area contributed by atoms with E-state index in [1.807, 2.05) is 22.6 Å². The molecule has 0 bridgehead atoms. The molecule has 0 fully saturated rings. The van der Waals surface area contributed by atoms with Crippen LogP contribution in [-0.4, -0.2) is 22.2 Å². The van der Waals surface area contributed by atoms with Crippen molar-refractivity contribution in [2.45, 2.75) is 6.42 Å². The van der Waals surface area contributed by atoms with Crippen molar-refractivity contribution >= 4 is 27.7 Å². The molecule has 0 aliphatic carbocycles. The molecule has 0 saturated heterocycles. The average molecular weight is 268 g/mol. The number of carbonyl (C=O) groups is 1. The summed E-state index contributed by atoms with van der Waals surface area (Å²) >= 11 is 3.43. The molecule has 0 saturated carbocycles. The van der Waals surface area contributed by atoms with Gasteiger partial charge >= 0.3 is 0 Å². The van der Waals surface area contributed by atoms with E-state index in [1.165, 1.54) is 0 Å². The smallest absolute Gasteiger partial charge is 0.170 e. The van der Waals surface area contributed by atoms with Gasteiger partial charge in [0.25, 0.3) is 0 Å². The number of imidazole rings is 1. The lowest BCUT2D eigenvalue weighted by Gasteiger charge is -2.01. The van der Waals surface area contributed by atoms with Crippen molar-refractivity contribution < 1.29 is 4.79 Å². The quantitative estimate of drug-likeness (QED) is 0.676. The fraction of sp³-hybridized carbons (Fsp3) is 0.200. The molecule has 4 nitrogen and oxygen atoms in total. The maximum Gasteiger partial charge on any atom is 0.170 e. The van der Waals surface area contributed by atoms with E-state index in [1.54, 1.807) is 0 Å². The number of hydrogen-bond donors (Lipinski definition) is 1. The van der Waals surface area contributed by atoms with E-state index in [0.717, 1.165) is 22.2 Å². The van der Waals surface area contributed by atoms with Crippen LogP contribution in [0.2, 0.25) is 0 Å². The fourth-order valence-corrected chi connectivity index (χ4v) is 2.12. The molecule has 2 N–H and O–H groups in total. The van der Waals surface area contributed by atoms with E-state index in [2.05, 4.69) is 20.9 Å². The molecule has 0 aliphatic heterocycles. The van der Waals surface area contributed by atoms with Gasteiger partial charge in [-0.3, -0.25) is 9.20 Å². The standard InChI is InChI=1S/C10H10BrN3O/c11-9-3-1-2-8-7(6-15)13-10(4-5-12)14(8)9/h1-3,6H,4-5,12H2. The number of nitrogens with two attached hydrogens (primary N) is 1. The van der Waals surface area contributed by atoms with Gasteiger partial charge in [0.2, 0.25) is 0 Å². The number of pyridine rings is 1. The number of halogens is 1. The van der Waals surface area contributed by atoms with E-state index in [4.69, 9.17) is 5.73 Å². The van der Waals surface area contributed by atoms with E-state index in [-0.39, 0.29) is 0 Å². The second-order valence-corrected chi connectivity index (χ2v) is 3.95. The molecule has 0 spiro atoms. The molecular weight excluding hydrogens is 258 g/mol. The van der Waals surface area contributed by atoms with Crippen LogP contribution in [0.5, 0.6) is 0 Å². The van der Waals surface area contributed by atoms with Crippen LogP contribution in [-0.2, 0) is 6.42 Å². The SMILES string of the molecule is NCCc1nc(C=O)c2cccc(Br)n12. The van der Waals surface area contributed by atoms with Gasteiger partial charge in [0.1, 0.15) is 11.5 Å². The number of fused-ring (bicyclic) bond motifs is 1. The lowest BCUT2D eigenvalue weighted by atomic mass is 10.3. The van der Waals surface area contributed by atoms with Crippen LogP contribution in [0.15, 0.2) is 22.8 Å². The van der Waals surface area contributed by atoms with Gasteiger partial charge in [-0.15, -0.1) is 0 Å². The predicted octanol–water partition coefficient (Wildman–Crippen LogP) is 1.41. The van der Waals surface area contributed by atoms with Gasteiger partial charge in [0.05, 0.1) is 10.1 Å². The Labute approximate surface area is 95.2 Å². The van der Waals surface area contributed by atoms with Gasteiger partial charge in [-0.1, -0.05) is 6.07 Å². The summed E-state index contributed by atoms with van der Waals surface area (Å²) in [4.78, 5) is 15.1. The van der Waals surface area contributed by atoms with Crippen molar-refractivity contribution in [3.05, 3.63) is 34.3 Å². The minimum Gasteiger partial charge on any atom is -0.330 e. The first-order valence-corrected chi connectivity index (χ1v) is 5.38. The molecule has 2 aromatic rings. The summed E-state index contributed by atoms with van der Waals surface area (Å²) in [7, 11) is 0. The number of carbonyl (C=O) groups excluding carboxylic acids is 1. The number of rotatable bonds is 3. The second kappa shape index (κ2) is 4.12. The number of aromatic nitrogens is 2. The highest BCUT2D eigenvalue weighted by Gasteiger charge is 2.11. The molecule has 0 aliphatic rings. The third kappa shape index (κ3) is 1.68. The Kier molecular flexibility index (Phi) is 2.83. The van der Waals surface area contributed by atoms with Crippen LogP contribution >= 0.6 is 15.9 Å². The lowest BCUT2D eigenvalue weighted by Crippen LogP contribution is -2.06. The second-order valence-electron chi connectivity index (χ2n) is 3.14. The molecular formula is C10H10BrN3O. The Balaban J connectivity index is 2.75. The van der Waals surface area contributed by atoms with Crippen LogP contribution in [0.4, 0.5) is 0 Å². The van der Waals surface area contributed by atoms with Crippen molar-refractivity contribution in [2.75, 3.05) is 6.54 Å². The Morgan fingerprint density at radius 3 is 3.00 bits per heavy atom. The number of aldehydes is 1. The van der Waals surface area contributed by atoms with E-state index in [9.17, 15) is 4.79 Å². The largest absolute Gasteiger partial charge is 0.330 e. The zero-order valence-corrected chi connectivity index (χ0v) is 9.57. The summed E-state index contributed by atoms with van der Waals surface area (Å²) in [5, 5.41) is 0. The molecule has 0 amide bonds. The van der Waals surface area contributed by atoms with Crippen molar-refractivity contribution in [3.63, 3.8) is 0 Å². The first-order valence-electron chi connectivity index (χ1n) is 4.59. The highest BCUT2D eigenvalue weighted by molar-refractivity contribution is 9.10. The highest BCUT2D eigenvalue weighted by Crippen LogP contribution is 2.18. The van der Waals surface area contributed by atoms with E-state index < -0.39 is 0 Å². The first kappa shape index (κ1) is 10.3. The predicted molar refractivity (Wildman–Crippen MR) is 61.0 cm³/mol. The number of nitrogens with zero attached hydrogens (tertiary/aromatic N) is 2. The molecule has 2 heterocycles. The van der Waals surface area contributed by atoms with Crippen LogP contribution < -0.4 is 5.73 Å². The molecule has 15 heavy (non-hydrogen) atoms. The third-order valence-electron chi connectivity index (χ3n) is 2.19. The summed E-state index contributed by atoms with van der Waals surface area (Å²) in [6, 6.07) is 5.64. The molecule has 2 aromatic heterocycles. The molecule has 0 aromatic carbocycles. The maximum atomic E-state index is 10.8. The van der Waals surface area contributed by atoms with Gasteiger partial charge < -0.3 is 5.73 Å². The summed E-state index contributed by atoms with van der Waals surface area (Å²) in [6.07, 6.45) is 1.42. The van der Waals surface area contributed by atoms with Crippen LogP contribution in [0.3, 0.4) is 0 Å². The average Bonchev–Trinajstić information content (AvgIpc) is 2.59. The Morgan fingerprint density at radius 2 is 2.33 bits per heavy atom. The van der Waals surface area contributed by atoms with Crippen molar-refractivity contribution in [1.82, 2.24) is 9.38 Å². The van der Waals surface area contributed by atoms with Gasteiger partial charge in [0, 0.05) is 6.42 Å². The Bertz CT molecular complexity index is 507. The minimum absolute atomic E-state index is 0.458. The van der Waals surface area contributed by atoms with Crippen LogP contribution in [0, 0.1) is 0 Å². The zero-order valence-electron chi connectivity index (χ0n) is 7.98. The van der Waals surface area contributed by atoms with Gasteiger partial charge in [-0.2, -0.15) is 0 Å². The normalized spacial score (nSPS) is 10.8. The van der Waals surface area contributed by atoms with E-state index >= 15 is 0 Å². The van der Waals surface area contributed by atoms with Crippen molar-refractivity contribution in [1.29, 1.82) is 0 Å². The monoisotopic (exact) mass is 267 g/mol. The van der Waals surface area contributed by atoms with Crippen molar-refractivity contribution in [2.24, 2.45) is 5.73 Å². The fourth-order valence-electron chi connectivity index (χ4n) is 1.57. The Morgan fingerprint density at radius 1 is 1.53 bits per heavy atom. The molecule has 0 radical (unpaired) electrons. The topological polar surface area (TPSA) is 60.4 Å². The minimum atomic E-state index is 0.458. The molecule has 0 atom stereocenters. The molecule has 2 rings (SSSR count). The molecule has 0 unspecified atom stereocenters. The first-order chi connectivity index (χ1) is 7.27. The van der Waals surface area contributed by atoms with Crippen LogP contribution in [0.25, 0.3) is 5.52 Å². The summed E-state index contributed by atoms with van der Waals surface area (Å²) in [5.74, 6) is 0.807. The summed E-state index contributed by atoms with van der Waals surface area (Å²) in [5.41, 5.74) is 6.76. The molecule has 78 valence electrons. The number of hydrogen-bond acceptors (Lipinski definition) is 3. The summed E-state index contributed by atoms with van der Waals surface area (Å²) in [6.45, 7) is 0.513. The van der Waals surface area contributed by atoms with Crippen molar-refractivity contribution in [3.8, 4) is 0 Å². The van der Waals surface area contributed by atoms with Crippen LogP contribution in [0.1, 0.15) is 16.3 Å². The van der Waals surface area contributed by atoms with Gasteiger partial charge in [-0.05, 0) is 34.6 Å².